The van der Waals surface area contributed by atoms with Crippen molar-refractivity contribution in [2.24, 2.45) is 11.8 Å². The van der Waals surface area contributed by atoms with Crippen LogP contribution in [0.4, 0.5) is 0 Å². The van der Waals surface area contributed by atoms with Crippen LogP contribution in [0.5, 0.6) is 0 Å². The zero-order valence-corrected chi connectivity index (χ0v) is 15.7. The summed E-state index contributed by atoms with van der Waals surface area (Å²) in [7, 11) is 0. The minimum Gasteiger partial charge on any atom is -0.360 e. The fourth-order valence-corrected chi connectivity index (χ4v) is 4.71. The van der Waals surface area contributed by atoms with Crippen LogP contribution in [-0.2, 0) is 9.47 Å². The van der Waals surface area contributed by atoms with Crippen molar-refractivity contribution in [3.8, 4) is 0 Å². The third kappa shape index (κ3) is 3.13. The van der Waals surface area contributed by atoms with E-state index in [1.807, 2.05) is 0 Å². The molecule has 4 saturated heterocycles. The van der Waals surface area contributed by atoms with Gasteiger partial charge in [-0.3, -0.25) is 19.6 Å². The second-order valence-corrected chi connectivity index (χ2v) is 8.66. The van der Waals surface area contributed by atoms with Crippen molar-refractivity contribution in [1.82, 2.24) is 19.6 Å². The Bertz CT molecular complexity index is 407. The third-order valence-electron chi connectivity index (χ3n) is 6.34. The molecule has 0 saturated carbocycles. The maximum Gasteiger partial charge on any atom is 0.124 e. The van der Waals surface area contributed by atoms with Crippen molar-refractivity contribution < 1.29 is 9.47 Å². The van der Waals surface area contributed by atoms with Gasteiger partial charge in [0.1, 0.15) is 12.5 Å². The summed E-state index contributed by atoms with van der Waals surface area (Å²) in [6, 6.07) is 1.19. The summed E-state index contributed by atoms with van der Waals surface area (Å²) in [6.45, 7) is 17.6. The molecule has 6 nitrogen and oxygen atoms in total. The van der Waals surface area contributed by atoms with Gasteiger partial charge >= 0.3 is 0 Å². The number of rotatable bonds is 5. The molecule has 4 atom stereocenters. The molecule has 0 radical (unpaired) electrons. The molecule has 4 rings (SSSR count). The lowest BCUT2D eigenvalue weighted by atomic mass is 10.1. The lowest BCUT2D eigenvalue weighted by Gasteiger charge is -2.27. The molecule has 4 aliphatic rings. The highest BCUT2D eigenvalue weighted by atomic mass is 16.5. The van der Waals surface area contributed by atoms with E-state index in [9.17, 15) is 0 Å². The van der Waals surface area contributed by atoms with Crippen LogP contribution in [0.2, 0.25) is 0 Å². The van der Waals surface area contributed by atoms with Crippen LogP contribution in [0.15, 0.2) is 0 Å². The number of ether oxygens (including phenoxy) is 2. The molecule has 138 valence electrons. The highest BCUT2D eigenvalue weighted by Gasteiger charge is 2.44. The summed E-state index contributed by atoms with van der Waals surface area (Å²) in [5, 5.41) is 0. The Kier molecular flexibility index (Phi) is 4.88. The molecule has 4 fully saturated rings. The first-order valence-corrected chi connectivity index (χ1v) is 9.72. The van der Waals surface area contributed by atoms with Crippen LogP contribution >= 0.6 is 0 Å². The van der Waals surface area contributed by atoms with Gasteiger partial charge in [0.15, 0.2) is 0 Å². The summed E-state index contributed by atoms with van der Waals surface area (Å²) in [5.74, 6) is 1.34. The molecule has 0 bridgehead atoms. The molecule has 0 aromatic heterocycles. The Balaban J connectivity index is 1.24. The molecule has 6 heteroatoms. The van der Waals surface area contributed by atoms with Gasteiger partial charge in [0, 0.05) is 38.3 Å². The lowest BCUT2D eigenvalue weighted by Crippen LogP contribution is -2.40. The molecule has 2 unspecified atom stereocenters. The van der Waals surface area contributed by atoms with Gasteiger partial charge in [0.25, 0.3) is 0 Å². The second-order valence-electron chi connectivity index (χ2n) is 8.66. The van der Waals surface area contributed by atoms with Crippen LogP contribution in [0.3, 0.4) is 0 Å². The highest BCUT2D eigenvalue weighted by Crippen LogP contribution is 2.30. The van der Waals surface area contributed by atoms with E-state index in [1.54, 1.807) is 0 Å². The van der Waals surface area contributed by atoms with Crippen LogP contribution in [0.25, 0.3) is 0 Å². The van der Waals surface area contributed by atoms with E-state index in [-0.39, 0.29) is 0 Å². The molecular weight excluding hydrogens is 304 g/mol. The summed E-state index contributed by atoms with van der Waals surface area (Å²) in [5.41, 5.74) is 0. The number of hydrogen-bond acceptors (Lipinski definition) is 6. The molecular formula is C18H34N4O2. The molecule has 0 aromatic carbocycles. The highest BCUT2D eigenvalue weighted by molar-refractivity contribution is 4.91. The number of nitrogens with zero attached hydrogens (tertiary/aromatic N) is 4. The molecule has 4 heterocycles. The molecule has 0 aliphatic carbocycles. The summed E-state index contributed by atoms with van der Waals surface area (Å²) >= 11 is 0. The summed E-state index contributed by atoms with van der Waals surface area (Å²) in [4.78, 5) is 10.2. The fraction of sp³-hybridized carbons (Fsp3) is 1.00. The van der Waals surface area contributed by atoms with Gasteiger partial charge < -0.3 is 9.47 Å². The van der Waals surface area contributed by atoms with Crippen LogP contribution in [0.1, 0.15) is 27.7 Å². The standard InChI is InChI=1S/C18H34N4O2/c1-13(2)15-9-23-17-7-19(11-21(15)17)5-6-20-8-18-22(12-20)16(10-24-18)14(3)4/h13-18H,5-12H2,1-4H3/t15-,16-,17?,18?/m1/s1. The van der Waals surface area contributed by atoms with Crippen LogP contribution in [0, 0.1) is 11.8 Å². The molecule has 0 spiro atoms. The van der Waals surface area contributed by atoms with Gasteiger partial charge in [-0.15, -0.1) is 0 Å². The molecule has 0 N–H and O–H groups in total. The van der Waals surface area contributed by atoms with E-state index < -0.39 is 0 Å². The maximum absolute atomic E-state index is 6.00. The average molecular weight is 338 g/mol. The van der Waals surface area contributed by atoms with E-state index in [0.29, 0.717) is 36.4 Å². The van der Waals surface area contributed by atoms with Crippen molar-refractivity contribution >= 4 is 0 Å². The summed E-state index contributed by atoms with van der Waals surface area (Å²) in [6.07, 6.45) is 0.653. The zero-order chi connectivity index (χ0) is 16.8. The van der Waals surface area contributed by atoms with Gasteiger partial charge in [-0.2, -0.15) is 0 Å². The van der Waals surface area contributed by atoms with Gasteiger partial charge in [0.2, 0.25) is 0 Å². The first-order valence-electron chi connectivity index (χ1n) is 9.72. The fourth-order valence-electron chi connectivity index (χ4n) is 4.71. The lowest BCUT2D eigenvalue weighted by molar-refractivity contribution is 0.0652. The van der Waals surface area contributed by atoms with E-state index in [1.165, 1.54) is 0 Å². The predicted molar refractivity (Wildman–Crippen MR) is 93.3 cm³/mol. The molecule has 24 heavy (non-hydrogen) atoms. The van der Waals surface area contributed by atoms with Crippen molar-refractivity contribution in [1.29, 1.82) is 0 Å². The number of fused-ring (bicyclic) bond motifs is 2. The monoisotopic (exact) mass is 338 g/mol. The Hall–Kier alpha value is -0.240. The van der Waals surface area contributed by atoms with E-state index in [0.717, 1.165) is 52.7 Å². The smallest absolute Gasteiger partial charge is 0.124 e. The largest absolute Gasteiger partial charge is 0.360 e. The minimum absolute atomic E-state index is 0.327. The van der Waals surface area contributed by atoms with Gasteiger partial charge in [0.05, 0.1) is 26.6 Å². The summed E-state index contributed by atoms with van der Waals surface area (Å²) < 4.78 is 12.0. The van der Waals surface area contributed by atoms with Gasteiger partial charge in [-0.05, 0) is 11.8 Å². The Morgan fingerprint density at radius 3 is 1.54 bits per heavy atom. The SMILES string of the molecule is CC(C)[C@H]1COC2CN(CCN3CC4OC[C@H](C(C)C)N4C3)CN21. The van der Waals surface area contributed by atoms with Crippen LogP contribution < -0.4 is 0 Å². The first-order chi connectivity index (χ1) is 11.5. The number of hydrogen-bond donors (Lipinski definition) is 0. The normalized spacial score (nSPS) is 38.8. The maximum atomic E-state index is 6.00. The predicted octanol–water partition coefficient (Wildman–Crippen LogP) is 0.898. The topological polar surface area (TPSA) is 31.4 Å². The Labute approximate surface area is 146 Å². The molecule has 0 aromatic rings. The average Bonchev–Trinajstić information content (AvgIpc) is 3.23. The van der Waals surface area contributed by atoms with Crippen molar-refractivity contribution in [2.45, 2.75) is 52.2 Å². The van der Waals surface area contributed by atoms with E-state index >= 15 is 0 Å². The quantitative estimate of drug-likeness (QED) is 0.740. The van der Waals surface area contributed by atoms with E-state index in [2.05, 4.69) is 47.3 Å². The van der Waals surface area contributed by atoms with Crippen molar-refractivity contribution in [3.63, 3.8) is 0 Å². The molecule has 4 aliphatic heterocycles. The van der Waals surface area contributed by atoms with Crippen molar-refractivity contribution in [3.05, 3.63) is 0 Å². The van der Waals surface area contributed by atoms with Gasteiger partial charge in [-0.1, -0.05) is 27.7 Å². The van der Waals surface area contributed by atoms with E-state index in [4.69, 9.17) is 9.47 Å². The molecule has 0 amide bonds. The van der Waals surface area contributed by atoms with Crippen LogP contribution in [-0.4, -0.2) is 96.9 Å². The Morgan fingerprint density at radius 2 is 1.17 bits per heavy atom. The zero-order valence-electron chi connectivity index (χ0n) is 15.7. The third-order valence-corrected chi connectivity index (χ3v) is 6.34. The van der Waals surface area contributed by atoms with Gasteiger partial charge in [-0.25, -0.2) is 0 Å². The Morgan fingerprint density at radius 1 is 0.750 bits per heavy atom. The minimum atomic E-state index is 0.327. The second kappa shape index (κ2) is 6.82. The first kappa shape index (κ1) is 17.2. The van der Waals surface area contributed by atoms with Crippen molar-refractivity contribution in [2.75, 3.05) is 52.7 Å².